The first-order valence-corrected chi connectivity index (χ1v) is 10.4. The van der Waals surface area contributed by atoms with Crippen LogP contribution in [0.5, 0.6) is 0 Å². The molecular formula is C21H17N7O2S. The third-order valence-corrected chi connectivity index (χ3v) is 5.64. The Morgan fingerprint density at radius 3 is 2.68 bits per heavy atom. The number of nitrogens with one attached hydrogen (secondary N) is 1. The van der Waals surface area contributed by atoms with Crippen molar-refractivity contribution in [2.75, 3.05) is 5.32 Å². The molecule has 0 radical (unpaired) electrons. The number of fused-ring (bicyclic) bond motifs is 1. The Labute approximate surface area is 180 Å². The number of amides is 1. The fourth-order valence-electron chi connectivity index (χ4n) is 3.33. The number of nitrogens with zero attached hydrogens (tertiary/aromatic N) is 6. The molecule has 0 aliphatic heterocycles. The first kappa shape index (κ1) is 18.9. The van der Waals surface area contributed by atoms with Crippen LogP contribution in [0, 0.1) is 6.92 Å². The average molecular weight is 431 g/mol. The van der Waals surface area contributed by atoms with Crippen molar-refractivity contribution in [1.29, 1.82) is 0 Å². The second-order valence-electron chi connectivity index (χ2n) is 6.89. The van der Waals surface area contributed by atoms with Crippen LogP contribution in [0.15, 0.2) is 71.0 Å². The lowest BCUT2D eigenvalue weighted by molar-refractivity contribution is -0.117. The van der Waals surface area contributed by atoms with Crippen LogP contribution < -0.4 is 11.0 Å². The first-order chi connectivity index (χ1) is 15.1. The minimum Gasteiger partial charge on any atom is -0.308 e. The lowest BCUT2D eigenvalue weighted by atomic mass is 10.1. The summed E-state index contributed by atoms with van der Waals surface area (Å²) in [6.45, 7) is 1.70. The van der Waals surface area contributed by atoms with Gasteiger partial charge in [0.2, 0.25) is 5.91 Å². The molecule has 0 saturated carbocycles. The molecule has 31 heavy (non-hydrogen) atoms. The third-order valence-electron chi connectivity index (χ3n) is 4.80. The maximum Gasteiger partial charge on any atom is 0.369 e. The number of thiophene rings is 1. The molecule has 154 valence electrons. The van der Waals surface area contributed by atoms with Gasteiger partial charge in [0.15, 0.2) is 0 Å². The summed E-state index contributed by atoms with van der Waals surface area (Å²) in [5.41, 5.74) is 2.78. The van der Waals surface area contributed by atoms with Crippen LogP contribution in [0.1, 0.15) is 5.56 Å². The number of aryl methyl sites for hydroxylation is 1. The Hall–Kier alpha value is -4.05. The Kier molecular flexibility index (Phi) is 4.68. The van der Waals surface area contributed by atoms with Crippen LogP contribution >= 0.6 is 11.3 Å². The fraction of sp³-hybridized carbons (Fsp3) is 0.0952. The number of anilines is 1. The number of imidazole rings is 1. The quantitative estimate of drug-likeness (QED) is 0.461. The molecule has 4 aromatic heterocycles. The number of carbonyl (C=O) groups is 1. The van der Waals surface area contributed by atoms with Gasteiger partial charge in [0.05, 0.1) is 0 Å². The van der Waals surface area contributed by atoms with E-state index in [1.807, 2.05) is 71.4 Å². The minimum atomic E-state index is -0.477. The minimum absolute atomic E-state index is 0.266. The highest BCUT2D eigenvalue weighted by atomic mass is 32.1. The molecule has 1 amide bonds. The van der Waals surface area contributed by atoms with Gasteiger partial charge in [-0.05, 0) is 46.5 Å². The third kappa shape index (κ3) is 3.42. The number of aromatic nitrogens is 6. The SMILES string of the molecule is Cc1cccn2c(NC(=O)Cn3nnn(-c4cccs4)c3=O)c(-c3ccccc3)nc12. The lowest BCUT2D eigenvalue weighted by Gasteiger charge is -2.08. The van der Waals surface area contributed by atoms with E-state index in [1.165, 1.54) is 16.0 Å². The second-order valence-corrected chi connectivity index (χ2v) is 7.82. The molecule has 0 atom stereocenters. The average Bonchev–Trinajstić information content (AvgIpc) is 3.50. The highest BCUT2D eigenvalue weighted by Gasteiger charge is 2.19. The van der Waals surface area contributed by atoms with Gasteiger partial charge >= 0.3 is 5.69 Å². The number of hydrogen-bond donors (Lipinski definition) is 1. The largest absolute Gasteiger partial charge is 0.369 e. The van der Waals surface area contributed by atoms with Gasteiger partial charge in [0.1, 0.15) is 28.7 Å². The highest BCUT2D eigenvalue weighted by Crippen LogP contribution is 2.29. The van der Waals surface area contributed by atoms with E-state index >= 15 is 0 Å². The smallest absolute Gasteiger partial charge is 0.308 e. The van der Waals surface area contributed by atoms with Gasteiger partial charge in [-0.1, -0.05) is 36.4 Å². The van der Waals surface area contributed by atoms with Crippen molar-refractivity contribution in [2.24, 2.45) is 0 Å². The van der Waals surface area contributed by atoms with Gasteiger partial charge in [0.25, 0.3) is 0 Å². The van der Waals surface area contributed by atoms with Crippen molar-refractivity contribution < 1.29 is 4.79 Å². The molecule has 0 bridgehead atoms. The summed E-state index contributed by atoms with van der Waals surface area (Å²) in [6, 6.07) is 17.1. The van der Waals surface area contributed by atoms with Crippen LogP contribution in [-0.2, 0) is 11.3 Å². The van der Waals surface area contributed by atoms with E-state index in [1.54, 1.807) is 6.07 Å². The summed E-state index contributed by atoms with van der Waals surface area (Å²) in [4.78, 5) is 30.2. The molecule has 0 spiro atoms. The molecule has 9 nitrogen and oxygen atoms in total. The van der Waals surface area contributed by atoms with Crippen LogP contribution in [0.2, 0.25) is 0 Å². The molecule has 0 saturated heterocycles. The van der Waals surface area contributed by atoms with E-state index in [9.17, 15) is 9.59 Å². The summed E-state index contributed by atoms with van der Waals surface area (Å²) >= 11 is 1.36. The van der Waals surface area contributed by atoms with Crippen LogP contribution in [0.3, 0.4) is 0 Å². The lowest BCUT2D eigenvalue weighted by Crippen LogP contribution is -2.29. The van der Waals surface area contributed by atoms with Crippen molar-refractivity contribution >= 4 is 28.7 Å². The summed E-state index contributed by atoms with van der Waals surface area (Å²) in [6.07, 6.45) is 1.84. The van der Waals surface area contributed by atoms with E-state index in [4.69, 9.17) is 4.98 Å². The van der Waals surface area contributed by atoms with E-state index in [2.05, 4.69) is 15.7 Å². The van der Waals surface area contributed by atoms with Crippen molar-refractivity contribution in [3.05, 3.63) is 82.2 Å². The van der Waals surface area contributed by atoms with Gasteiger partial charge in [-0.3, -0.25) is 9.20 Å². The molecule has 0 aliphatic carbocycles. The molecule has 0 fully saturated rings. The van der Waals surface area contributed by atoms with E-state index in [-0.39, 0.29) is 6.54 Å². The van der Waals surface area contributed by atoms with Crippen molar-refractivity contribution in [2.45, 2.75) is 13.5 Å². The number of rotatable bonds is 5. The second kappa shape index (κ2) is 7.65. The summed E-state index contributed by atoms with van der Waals surface area (Å²) in [7, 11) is 0. The van der Waals surface area contributed by atoms with Gasteiger partial charge in [-0.2, -0.15) is 9.36 Å². The molecule has 4 heterocycles. The summed E-state index contributed by atoms with van der Waals surface area (Å²) in [5.74, 6) is 0.134. The first-order valence-electron chi connectivity index (χ1n) is 9.51. The Balaban J connectivity index is 1.49. The zero-order valence-corrected chi connectivity index (χ0v) is 17.3. The Morgan fingerprint density at radius 1 is 1.06 bits per heavy atom. The monoisotopic (exact) mass is 431 g/mol. The van der Waals surface area contributed by atoms with Crippen LogP contribution in [0.25, 0.3) is 21.9 Å². The molecule has 0 aliphatic rings. The molecule has 1 N–H and O–H groups in total. The van der Waals surface area contributed by atoms with Crippen molar-refractivity contribution in [1.82, 2.24) is 29.2 Å². The van der Waals surface area contributed by atoms with E-state index < -0.39 is 11.6 Å². The van der Waals surface area contributed by atoms with Crippen LogP contribution in [0.4, 0.5) is 5.82 Å². The zero-order chi connectivity index (χ0) is 21.4. The van der Waals surface area contributed by atoms with E-state index in [0.29, 0.717) is 16.5 Å². The van der Waals surface area contributed by atoms with Crippen LogP contribution in [-0.4, -0.2) is 35.1 Å². The predicted molar refractivity (Wildman–Crippen MR) is 117 cm³/mol. The predicted octanol–water partition coefficient (Wildman–Crippen LogP) is 2.75. The molecule has 0 unspecified atom stereocenters. The standard InChI is InChI=1S/C21H17N7O2S/c1-14-7-5-11-26-19(14)23-18(15-8-3-2-4-9-15)20(26)22-16(29)13-27-21(30)28(25-24-27)17-10-6-12-31-17/h2-12H,13H2,1H3,(H,22,29). The van der Waals surface area contributed by atoms with Crippen molar-refractivity contribution in [3.63, 3.8) is 0 Å². The van der Waals surface area contributed by atoms with Gasteiger partial charge < -0.3 is 5.32 Å². The number of hydrogen-bond acceptors (Lipinski definition) is 6. The maximum atomic E-state index is 12.9. The number of tetrazole rings is 1. The summed E-state index contributed by atoms with van der Waals surface area (Å²) in [5, 5.41) is 13.1. The van der Waals surface area contributed by atoms with Gasteiger partial charge in [-0.15, -0.1) is 11.3 Å². The molecule has 5 aromatic rings. The Morgan fingerprint density at radius 2 is 1.90 bits per heavy atom. The molecule has 5 rings (SSSR count). The number of pyridine rings is 1. The Bertz CT molecular complexity index is 1430. The van der Waals surface area contributed by atoms with E-state index in [0.717, 1.165) is 21.5 Å². The highest BCUT2D eigenvalue weighted by molar-refractivity contribution is 7.12. The van der Waals surface area contributed by atoms with Gasteiger partial charge in [0, 0.05) is 11.8 Å². The topological polar surface area (TPSA) is 99.1 Å². The van der Waals surface area contributed by atoms with Gasteiger partial charge in [-0.25, -0.2) is 9.78 Å². The maximum absolute atomic E-state index is 12.9. The summed E-state index contributed by atoms with van der Waals surface area (Å²) < 4.78 is 4.04. The molecule has 1 aromatic carbocycles. The normalized spacial score (nSPS) is 11.1. The number of carbonyl (C=O) groups excluding carboxylic acids is 1. The molecular weight excluding hydrogens is 414 g/mol. The zero-order valence-electron chi connectivity index (χ0n) is 16.5. The van der Waals surface area contributed by atoms with Crippen molar-refractivity contribution in [3.8, 4) is 16.3 Å². The number of benzene rings is 1. The fourth-order valence-corrected chi connectivity index (χ4v) is 4.00. The molecule has 10 heteroatoms.